The van der Waals surface area contributed by atoms with E-state index in [9.17, 15) is 18.0 Å². The first-order chi connectivity index (χ1) is 8.77. The molecule has 0 aliphatic rings. The average Bonchev–Trinajstić information content (AvgIpc) is 2.37. The molecule has 0 radical (unpaired) electrons. The molecule has 19 heavy (non-hydrogen) atoms. The Bertz CT molecular complexity index is 595. The molecule has 0 fully saturated rings. The summed E-state index contributed by atoms with van der Waals surface area (Å²) in [5.41, 5.74) is -0.107. The van der Waals surface area contributed by atoms with E-state index in [2.05, 4.69) is 0 Å². The van der Waals surface area contributed by atoms with Crippen molar-refractivity contribution >= 4 is 21.1 Å². The number of methoxy groups -OCH3 is 1. The third kappa shape index (κ3) is 3.76. The van der Waals surface area contributed by atoms with E-state index >= 15 is 0 Å². The molecule has 0 aliphatic carbocycles. The van der Waals surface area contributed by atoms with E-state index in [-0.39, 0.29) is 5.56 Å². The number of hydrogen-bond acceptors (Lipinski definition) is 5. The Labute approximate surface area is 110 Å². The van der Waals surface area contributed by atoms with Gasteiger partial charge in [0.15, 0.2) is 0 Å². The topological polar surface area (TPSA) is 110 Å². The van der Waals surface area contributed by atoms with Crippen molar-refractivity contribution in [2.45, 2.75) is 13.0 Å². The van der Waals surface area contributed by atoms with E-state index in [1.54, 1.807) is 10.8 Å². The minimum absolute atomic E-state index is 0.107. The van der Waals surface area contributed by atoms with Crippen LogP contribution in [0.2, 0.25) is 0 Å². The molecule has 0 aliphatic heterocycles. The first-order valence-electron chi connectivity index (χ1n) is 5.21. The largest absolute Gasteiger partial charge is 0.497 e. The molecule has 104 valence electrons. The summed E-state index contributed by atoms with van der Waals surface area (Å²) < 4.78 is 30.0. The second kappa shape index (κ2) is 5.81. The zero-order valence-corrected chi connectivity index (χ0v) is 11.1. The van der Waals surface area contributed by atoms with Crippen LogP contribution in [0.4, 0.5) is 0 Å². The molecule has 1 aromatic rings. The minimum atomic E-state index is -4.41. The van der Waals surface area contributed by atoms with Crippen molar-refractivity contribution < 1.29 is 27.9 Å². The van der Waals surface area contributed by atoms with Crippen LogP contribution in [0, 0.1) is 0 Å². The number of carbonyl (C=O) groups is 2. The van der Waals surface area contributed by atoms with Gasteiger partial charge in [0.2, 0.25) is 0 Å². The molecule has 0 aromatic heterocycles. The Morgan fingerprint density at radius 3 is 2.53 bits per heavy atom. The lowest BCUT2D eigenvalue weighted by molar-refractivity contribution is -0.138. The van der Waals surface area contributed by atoms with Crippen LogP contribution in [0.25, 0.3) is 0 Å². The molecular formula is C11H13NO6S. The smallest absolute Gasteiger partial charge is 0.321 e. The summed E-state index contributed by atoms with van der Waals surface area (Å²) in [4.78, 5) is 22.4. The lowest BCUT2D eigenvalue weighted by Crippen LogP contribution is -2.41. The number of rotatable bonds is 5. The highest BCUT2D eigenvalue weighted by molar-refractivity contribution is 8.05. The van der Waals surface area contributed by atoms with E-state index in [1.165, 1.54) is 25.3 Å². The van der Waals surface area contributed by atoms with Gasteiger partial charge in [-0.1, -0.05) is 6.07 Å². The molecule has 7 nitrogen and oxygen atoms in total. The third-order valence-corrected chi connectivity index (χ3v) is 3.64. The van der Waals surface area contributed by atoms with Crippen molar-refractivity contribution in [2.24, 2.45) is 0 Å². The summed E-state index contributed by atoms with van der Waals surface area (Å²) in [6, 6.07) is 4.18. The molecule has 0 unspecified atom stereocenters. The zero-order chi connectivity index (χ0) is 14.6. The van der Waals surface area contributed by atoms with Gasteiger partial charge < -0.3 is 9.84 Å². The van der Waals surface area contributed by atoms with Gasteiger partial charge in [-0.15, -0.1) is 0 Å². The number of aliphatic carboxylic acids is 1. The number of carbonyl (C=O) groups excluding carboxylic acids is 1. The number of ether oxygens (including phenoxy) is 1. The number of benzene rings is 1. The van der Waals surface area contributed by atoms with Crippen LogP contribution in [0.3, 0.4) is 0 Å². The summed E-state index contributed by atoms with van der Waals surface area (Å²) in [5, 5.41) is 7.41. The van der Waals surface area contributed by atoms with Gasteiger partial charge in [0.05, 0.1) is 7.11 Å². The molecule has 2 N–H and O–H groups in total. The van der Waals surface area contributed by atoms with Gasteiger partial charge >= 0.3 is 5.97 Å². The average molecular weight is 287 g/mol. The lowest BCUT2D eigenvalue weighted by atomic mass is 10.2. The summed E-state index contributed by atoms with van der Waals surface area (Å²) in [7, 11) is -3.03. The monoisotopic (exact) mass is 287 g/mol. The molecule has 0 saturated heterocycles. The maximum Gasteiger partial charge on any atom is 0.321 e. The summed E-state index contributed by atoms with van der Waals surface area (Å²) in [6.07, 6.45) is 0. The van der Waals surface area contributed by atoms with Gasteiger partial charge in [0, 0.05) is 5.56 Å². The predicted molar refractivity (Wildman–Crippen MR) is 66.5 cm³/mol. The Morgan fingerprint density at radius 1 is 1.37 bits per heavy atom. The SMILES string of the molecule is COc1cccc(C(=O)S(=O)(=O)N[C@H](C)C(=O)O)c1. The Kier molecular flexibility index (Phi) is 4.62. The molecule has 0 spiro atoms. The maximum absolute atomic E-state index is 11.8. The second-order valence-electron chi connectivity index (χ2n) is 3.70. The molecular weight excluding hydrogens is 274 g/mol. The third-order valence-electron chi connectivity index (χ3n) is 2.25. The highest BCUT2D eigenvalue weighted by atomic mass is 32.2. The molecule has 0 amide bonds. The number of hydrogen-bond donors (Lipinski definition) is 2. The highest BCUT2D eigenvalue weighted by Gasteiger charge is 2.28. The van der Waals surface area contributed by atoms with Crippen LogP contribution in [0.1, 0.15) is 17.3 Å². The number of carboxylic acid groups (broad SMARTS) is 1. The van der Waals surface area contributed by atoms with Gasteiger partial charge in [-0.2, -0.15) is 4.72 Å². The van der Waals surface area contributed by atoms with E-state index < -0.39 is 27.1 Å². The van der Waals surface area contributed by atoms with Gasteiger partial charge in [0.1, 0.15) is 11.8 Å². The van der Waals surface area contributed by atoms with Crippen LogP contribution in [-0.4, -0.2) is 37.8 Å². The van der Waals surface area contributed by atoms with Crippen molar-refractivity contribution in [3.8, 4) is 5.75 Å². The second-order valence-corrected chi connectivity index (χ2v) is 5.31. The number of sulfonamides is 1. The molecule has 8 heteroatoms. The van der Waals surface area contributed by atoms with Crippen LogP contribution >= 0.6 is 0 Å². The summed E-state index contributed by atoms with van der Waals surface area (Å²) >= 11 is 0. The van der Waals surface area contributed by atoms with Crippen LogP contribution < -0.4 is 9.46 Å². The normalized spacial score (nSPS) is 12.7. The van der Waals surface area contributed by atoms with Crippen LogP contribution in [0.5, 0.6) is 5.75 Å². The van der Waals surface area contributed by atoms with Crippen molar-refractivity contribution in [3.05, 3.63) is 29.8 Å². The van der Waals surface area contributed by atoms with Crippen molar-refractivity contribution in [1.29, 1.82) is 0 Å². The fraction of sp³-hybridized carbons (Fsp3) is 0.273. The zero-order valence-electron chi connectivity index (χ0n) is 10.3. The van der Waals surface area contributed by atoms with E-state index in [1.807, 2.05) is 0 Å². The first kappa shape index (κ1) is 15.1. The van der Waals surface area contributed by atoms with Crippen molar-refractivity contribution in [2.75, 3.05) is 7.11 Å². The molecule has 1 aromatic carbocycles. The Hall–Kier alpha value is -1.93. The van der Waals surface area contributed by atoms with E-state index in [0.717, 1.165) is 6.92 Å². The van der Waals surface area contributed by atoms with Gasteiger partial charge in [-0.3, -0.25) is 9.59 Å². The quantitative estimate of drug-likeness (QED) is 0.802. The Morgan fingerprint density at radius 2 is 2.00 bits per heavy atom. The predicted octanol–water partition coefficient (Wildman–Crippen LogP) is 0.228. The molecule has 0 saturated carbocycles. The van der Waals surface area contributed by atoms with Gasteiger partial charge in [-0.25, -0.2) is 8.42 Å². The molecule has 0 bridgehead atoms. The molecule has 1 rings (SSSR count). The van der Waals surface area contributed by atoms with E-state index in [0.29, 0.717) is 5.75 Å². The summed E-state index contributed by atoms with van der Waals surface area (Å²) in [5.74, 6) is -1.05. The van der Waals surface area contributed by atoms with Crippen molar-refractivity contribution in [3.63, 3.8) is 0 Å². The van der Waals surface area contributed by atoms with E-state index in [4.69, 9.17) is 9.84 Å². The highest BCUT2D eigenvalue weighted by Crippen LogP contribution is 2.14. The fourth-order valence-electron chi connectivity index (χ4n) is 1.24. The molecule has 1 atom stereocenters. The number of nitrogens with one attached hydrogen (secondary N) is 1. The first-order valence-corrected chi connectivity index (χ1v) is 6.70. The number of carboxylic acids is 1. The maximum atomic E-state index is 11.8. The van der Waals surface area contributed by atoms with Gasteiger partial charge in [0.25, 0.3) is 15.1 Å². The van der Waals surface area contributed by atoms with Gasteiger partial charge in [-0.05, 0) is 25.1 Å². The Balaban J connectivity index is 3.01. The minimum Gasteiger partial charge on any atom is -0.497 e. The lowest BCUT2D eigenvalue weighted by Gasteiger charge is -2.09. The summed E-state index contributed by atoms with van der Waals surface area (Å²) in [6.45, 7) is 1.12. The standard InChI is InChI=1S/C11H13NO6S/c1-7(10(13)14)12-19(16,17)11(15)8-4-3-5-9(6-8)18-2/h3-7,12H,1-2H3,(H,13,14)/t7-/m1/s1. The van der Waals surface area contributed by atoms with Crippen LogP contribution in [-0.2, 0) is 14.8 Å². The van der Waals surface area contributed by atoms with Crippen molar-refractivity contribution in [1.82, 2.24) is 4.72 Å². The van der Waals surface area contributed by atoms with Crippen LogP contribution in [0.15, 0.2) is 24.3 Å². The fourth-order valence-corrected chi connectivity index (χ4v) is 2.35. The molecule has 0 heterocycles.